The highest BCUT2D eigenvalue weighted by atomic mass is 16.1. The van der Waals surface area contributed by atoms with Crippen molar-refractivity contribution in [1.29, 1.82) is 0 Å². The predicted molar refractivity (Wildman–Crippen MR) is 80.0 cm³/mol. The minimum absolute atomic E-state index is 0.0454. The predicted octanol–water partition coefficient (Wildman–Crippen LogP) is 2.23. The first-order chi connectivity index (χ1) is 9.15. The van der Waals surface area contributed by atoms with Crippen molar-refractivity contribution in [2.45, 2.75) is 27.2 Å². The highest BCUT2D eigenvalue weighted by molar-refractivity contribution is 5.79. The molecule has 3 heteroatoms. The summed E-state index contributed by atoms with van der Waals surface area (Å²) in [6, 6.07) is 10.2. The lowest BCUT2D eigenvalue weighted by Gasteiger charge is -2.20. The molecule has 0 fully saturated rings. The summed E-state index contributed by atoms with van der Waals surface area (Å²) in [5, 5.41) is 6.22. The van der Waals surface area contributed by atoms with Gasteiger partial charge in [-0.2, -0.15) is 0 Å². The Morgan fingerprint density at radius 2 is 1.84 bits per heavy atom. The highest BCUT2D eigenvalue weighted by Crippen LogP contribution is 2.17. The van der Waals surface area contributed by atoms with E-state index in [4.69, 9.17) is 0 Å². The Morgan fingerprint density at radius 3 is 2.42 bits per heavy atom. The maximum absolute atomic E-state index is 12.2. The van der Waals surface area contributed by atoms with E-state index >= 15 is 0 Å². The fourth-order valence-electron chi connectivity index (χ4n) is 2.08. The Morgan fingerprint density at radius 1 is 1.16 bits per heavy atom. The number of likely N-dealkylation sites (N-methyl/N-ethyl adjacent to an activating group) is 1. The number of carbonyl (C=O) groups is 1. The quantitative estimate of drug-likeness (QED) is 0.705. The molecule has 1 atom stereocenters. The lowest BCUT2D eigenvalue weighted by molar-refractivity contribution is -0.126. The largest absolute Gasteiger partial charge is 0.355 e. The first-order valence-corrected chi connectivity index (χ1v) is 7.17. The molecule has 0 aliphatic rings. The first kappa shape index (κ1) is 15.7. The standard InChI is InChI=1S/C16H26N2O/c1-4-17-10-11-18-16(19)15(13(2)3)12-14-8-6-5-7-9-14/h5-9,13,15,17H,4,10-12H2,1-3H3,(H,18,19). The molecule has 0 saturated heterocycles. The van der Waals surface area contributed by atoms with E-state index in [9.17, 15) is 4.79 Å². The van der Waals surface area contributed by atoms with E-state index < -0.39 is 0 Å². The first-order valence-electron chi connectivity index (χ1n) is 7.17. The maximum atomic E-state index is 12.2. The van der Waals surface area contributed by atoms with Gasteiger partial charge in [-0.3, -0.25) is 4.79 Å². The van der Waals surface area contributed by atoms with Crippen LogP contribution in [0, 0.1) is 11.8 Å². The molecule has 2 N–H and O–H groups in total. The normalized spacial score (nSPS) is 12.4. The molecule has 1 unspecified atom stereocenters. The van der Waals surface area contributed by atoms with Gasteiger partial charge in [0.2, 0.25) is 5.91 Å². The van der Waals surface area contributed by atoms with Crippen LogP contribution in [0.25, 0.3) is 0 Å². The van der Waals surface area contributed by atoms with Crippen LogP contribution in [-0.2, 0) is 11.2 Å². The van der Waals surface area contributed by atoms with Gasteiger partial charge < -0.3 is 10.6 Å². The van der Waals surface area contributed by atoms with Gasteiger partial charge in [0.25, 0.3) is 0 Å². The summed E-state index contributed by atoms with van der Waals surface area (Å²) >= 11 is 0. The van der Waals surface area contributed by atoms with E-state index in [2.05, 4.69) is 43.5 Å². The molecule has 0 bridgehead atoms. The van der Waals surface area contributed by atoms with Gasteiger partial charge in [0.1, 0.15) is 0 Å². The van der Waals surface area contributed by atoms with Crippen molar-refractivity contribution in [3.8, 4) is 0 Å². The van der Waals surface area contributed by atoms with Gasteiger partial charge in [-0.05, 0) is 24.4 Å². The second kappa shape index (κ2) is 8.70. The monoisotopic (exact) mass is 262 g/mol. The zero-order chi connectivity index (χ0) is 14.1. The third kappa shape index (κ3) is 5.88. The molecule has 106 valence electrons. The average molecular weight is 262 g/mol. The molecule has 0 aliphatic heterocycles. The average Bonchev–Trinajstić information content (AvgIpc) is 2.41. The summed E-state index contributed by atoms with van der Waals surface area (Å²) < 4.78 is 0. The number of hydrogen-bond acceptors (Lipinski definition) is 2. The summed E-state index contributed by atoms with van der Waals surface area (Å²) in [7, 11) is 0. The van der Waals surface area contributed by atoms with Crippen molar-refractivity contribution in [2.75, 3.05) is 19.6 Å². The molecular weight excluding hydrogens is 236 g/mol. The maximum Gasteiger partial charge on any atom is 0.223 e. The number of benzene rings is 1. The van der Waals surface area contributed by atoms with Crippen LogP contribution < -0.4 is 10.6 Å². The Kier molecular flexibility index (Phi) is 7.19. The fraction of sp³-hybridized carbons (Fsp3) is 0.562. The molecule has 0 spiro atoms. The van der Waals surface area contributed by atoms with Gasteiger partial charge in [-0.25, -0.2) is 0 Å². The van der Waals surface area contributed by atoms with E-state index in [1.807, 2.05) is 18.2 Å². The third-order valence-corrected chi connectivity index (χ3v) is 3.29. The van der Waals surface area contributed by atoms with E-state index in [1.54, 1.807) is 0 Å². The Hall–Kier alpha value is -1.35. The SMILES string of the molecule is CCNCCNC(=O)C(Cc1ccccc1)C(C)C. The van der Waals surface area contributed by atoms with Crippen LogP contribution in [0.2, 0.25) is 0 Å². The number of carbonyl (C=O) groups excluding carboxylic acids is 1. The molecule has 19 heavy (non-hydrogen) atoms. The topological polar surface area (TPSA) is 41.1 Å². The Bertz CT molecular complexity index is 362. The molecule has 1 rings (SSSR count). The van der Waals surface area contributed by atoms with Gasteiger partial charge in [0, 0.05) is 19.0 Å². The highest BCUT2D eigenvalue weighted by Gasteiger charge is 2.21. The van der Waals surface area contributed by atoms with Crippen molar-refractivity contribution >= 4 is 5.91 Å². The van der Waals surface area contributed by atoms with Crippen LogP contribution in [0.5, 0.6) is 0 Å². The minimum atomic E-state index is 0.0454. The summed E-state index contributed by atoms with van der Waals surface area (Å²) in [5.74, 6) is 0.556. The number of hydrogen-bond donors (Lipinski definition) is 2. The summed E-state index contributed by atoms with van der Waals surface area (Å²) in [4.78, 5) is 12.2. The lowest BCUT2D eigenvalue weighted by Crippen LogP contribution is -2.38. The van der Waals surface area contributed by atoms with Gasteiger partial charge in [-0.1, -0.05) is 51.1 Å². The minimum Gasteiger partial charge on any atom is -0.355 e. The molecule has 3 nitrogen and oxygen atoms in total. The van der Waals surface area contributed by atoms with Crippen LogP contribution in [0.3, 0.4) is 0 Å². The molecule has 0 heterocycles. The van der Waals surface area contributed by atoms with Crippen LogP contribution in [0.15, 0.2) is 30.3 Å². The van der Waals surface area contributed by atoms with Crippen molar-refractivity contribution < 1.29 is 4.79 Å². The van der Waals surface area contributed by atoms with Crippen LogP contribution in [-0.4, -0.2) is 25.5 Å². The molecule has 0 aromatic heterocycles. The molecule has 0 radical (unpaired) electrons. The van der Waals surface area contributed by atoms with Gasteiger partial charge in [0.15, 0.2) is 0 Å². The Balaban J connectivity index is 2.50. The van der Waals surface area contributed by atoms with Crippen molar-refractivity contribution in [3.63, 3.8) is 0 Å². The molecule has 0 saturated carbocycles. The Labute approximate surface area is 116 Å². The van der Waals surface area contributed by atoms with Crippen LogP contribution in [0.1, 0.15) is 26.3 Å². The zero-order valence-electron chi connectivity index (χ0n) is 12.3. The van der Waals surface area contributed by atoms with E-state index in [0.29, 0.717) is 12.5 Å². The van der Waals surface area contributed by atoms with Gasteiger partial charge in [-0.15, -0.1) is 0 Å². The molecule has 1 amide bonds. The molecular formula is C16H26N2O. The van der Waals surface area contributed by atoms with E-state index in [-0.39, 0.29) is 11.8 Å². The lowest BCUT2D eigenvalue weighted by atomic mass is 9.88. The number of nitrogens with one attached hydrogen (secondary N) is 2. The van der Waals surface area contributed by atoms with Crippen molar-refractivity contribution in [2.24, 2.45) is 11.8 Å². The van der Waals surface area contributed by atoms with Crippen LogP contribution >= 0.6 is 0 Å². The van der Waals surface area contributed by atoms with Crippen molar-refractivity contribution in [1.82, 2.24) is 10.6 Å². The fourth-order valence-corrected chi connectivity index (χ4v) is 2.08. The number of rotatable bonds is 8. The molecule has 0 aliphatic carbocycles. The van der Waals surface area contributed by atoms with Crippen LogP contribution in [0.4, 0.5) is 0 Å². The van der Waals surface area contributed by atoms with Crippen molar-refractivity contribution in [3.05, 3.63) is 35.9 Å². The molecule has 1 aromatic carbocycles. The zero-order valence-corrected chi connectivity index (χ0v) is 12.3. The van der Waals surface area contributed by atoms with Gasteiger partial charge >= 0.3 is 0 Å². The van der Waals surface area contributed by atoms with E-state index in [0.717, 1.165) is 19.5 Å². The van der Waals surface area contributed by atoms with Gasteiger partial charge in [0.05, 0.1) is 0 Å². The third-order valence-electron chi connectivity index (χ3n) is 3.29. The summed E-state index contributed by atoms with van der Waals surface area (Å²) in [6.07, 6.45) is 0.811. The molecule has 1 aromatic rings. The summed E-state index contributed by atoms with van der Waals surface area (Å²) in [6.45, 7) is 8.75. The number of amides is 1. The smallest absolute Gasteiger partial charge is 0.223 e. The van der Waals surface area contributed by atoms with E-state index in [1.165, 1.54) is 5.56 Å². The second-order valence-corrected chi connectivity index (χ2v) is 5.18. The second-order valence-electron chi connectivity index (χ2n) is 5.18. The summed E-state index contributed by atoms with van der Waals surface area (Å²) in [5.41, 5.74) is 1.23.